The molecule has 3 rings (SSSR count). The molecule has 0 saturated heterocycles. The van der Waals surface area contributed by atoms with Gasteiger partial charge in [0.15, 0.2) is 0 Å². The van der Waals surface area contributed by atoms with Crippen LogP contribution < -0.4 is 14.9 Å². The number of nitrogens with one attached hydrogen (secondary N) is 2. The minimum absolute atomic E-state index is 0.00490. The van der Waals surface area contributed by atoms with Crippen LogP contribution in [-0.4, -0.2) is 26.8 Å². The highest BCUT2D eigenvalue weighted by Crippen LogP contribution is 2.34. The number of fused-ring (bicyclic) bond motifs is 1. The summed E-state index contributed by atoms with van der Waals surface area (Å²) in [4.78, 5) is 26.4. The molecule has 1 aliphatic heterocycles. The van der Waals surface area contributed by atoms with Crippen LogP contribution in [0, 0.1) is 11.3 Å². The number of hydrogen-bond acceptors (Lipinski definition) is 4. The SMILES string of the molecule is CC(C)C(=O)Nc1ccc(S(=O)(=O)Nc2ccc3c(c2)N(C(=O)C(C)(C)C)CC3)cc1. The largest absolute Gasteiger partial charge is 0.326 e. The van der Waals surface area contributed by atoms with Crippen molar-refractivity contribution in [3.63, 3.8) is 0 Å². The van der Waals surface area contributed by atoms with Crippen molar-refractivity contribution in [2.24, 2.45) is 11.3 Å². The van der Waals surface area contributed by atoms with Crippen molar-refractivity contribution in [1.29, 1.82) is 0 Å². The third-order valence-corrected chi connectivity index (χ3v) is 6.47. The summed E-state index contributed by atoms with van der Waals surface area (Å²) < 4.78 is 28.3. The molecule has 0 unspecified atom stereocenters. The van der Waals surface area contributed by atoms with Crippen LogP contribution in [0.5, 0.6) is 0 Å². The van der Waals surface area contributed by atoms with Crippen LogP contribution in [0.4, 0.5) is 17.1 Å². The van der Waals surface area contributed by atoms with Gasteiger partial charge in [-0.05, 0) is 48.4 Å². The minimum atomic E-state index is -3.82. The molecular formula is C23H29N3O4S. The lowest BCUT2D eigenvalue weighted by molar-refractivity contribution is -0.125. The highest BCUT2D eigenvalue weighted by molar-refractivity contribution is 7.92. The van der Waals surface area contributed by atoms with E-state index in [4.69, 9.17) is 0 Å². The van der Waals surface area contributed by atoms with E-state index < -0.39 is 15.4 Å². The molecule has 7 nitrogen and oxygen atoms in total. The molecule has 166 valence electrons. The van der Waals surface area contributed by atoms with E-state index >= 15 is 0 Å². The Morgan fingerprint density at radius 1 is 1.00 bits per heavy atom. The first-order valence-electron chi connectivity index (χ1n) is 10.3. The molecule has 1 heterocycles. The summed E-state index contributed by atoms with van der Waals surface area (Å²) in [6.07, 6.45) is 0.744. The highest BCUT2D eigenvalue weighted by atomic mass is 32.2. The average molecular weight is 444 g/mol. The number of anilines is 3. The lowest BCUT2D eigenvalue weighted by Crippen LogP contribution is -2.38. The van der Waals surface area contributed by atoms with E-state index in [0.717, 1.165) is 17.7 Å². The van der Waals surface area contributed by atoms with Crippen molar-refractivity contribution in [2.75, 3.05) is 21.5 Å². The molecule has 0 fully saturated rings. The van der Waals surface area contributed by atoms with Crippen LogP contribution in [0.3, 0.4) is 0 Å². The zero-order chi connectivity index (χ0) is 23.0. The normalized spacial score (nSPS) is 13.8. The number of carbonyl (C=O) groups is 2. The molecule has 1 aliphatic rings. The molecule has 0 saturated carbocycles. The first-order valence-corrected chi connectivity index (χ1v) is 11.8. The van der Waals surface area contributed by atoms with Crippen molar-refractivity contribution in [3.8, 4) is 0 Å². The van der Waals surface area contributed by atoms with Crippen molar-refractivity contribution >= 4 is 38.9 Å². The van der Waals surface area contributed by atoms with Gasteiger partial charge in [-0.3, -0.25) is 14.3 Å². The summed E-state index contributed by atoms with van der Waals surface area (Å²) in [5.74, 6) is -0.305. The van der Waals surface area contributed by atoms with E-state index in [1.54, 1.807) is 43.0 Å². The van der Waals surface area contributed by atoms with Crippen LogP contribution in [-0.2, 0) is 26.0 Å². The van der Waals surface area contributed by atoms with E-state index in [2.05, 4.69) is 10.0 Å². The molecule has 2 aromatic carbocycles. The number of benzene rings is 2. The van der Waals surface area contributed by atoms with Crippen LogP contribution in [0.1, 0.15) is 40.2 Å². The Morgan fingerprint density at radius 2 is 1.61 bits per heavy atom. The van der Waals surface area contributed by atoms with E-state index in [-0.39, 0.29) is 22.6 Å². The van der Waals surface area contributed by atoms with Crippen LogP contribution >= 0.6 is 0 Å². The van der Waals surface area contributed by atoms with Crippen molar-refractivity contribution in [3.05, 3.63) is 48.0 Å². The molecule has 31 heavy (non-hydrogen) atoms. The number of amides is 2. The van der Waals surface area contributed by atoms with Crippen LogP contribution in [0.15, 0.2) is 47.4 Å². The third kappa shape index (κ3) is 5.07. The fraction of sp³-hybridized carbons (Fsp3) is 0.391. The smallest absolute Gasteiger partial charge is 0.261 e. The number of nitrogens with zero attached hydrogens (tertiary/aromatic N) is 1. The molecule has 2 amide bonds. The fourth-order valence-electron chi connectivity index (χ4n) is 3.28. The number of sulfonamides is 1. The first-order chi connectivity index (χ1) is 14.4. The van der Waals surface area contributed by atoms with Crippen LogP contribution in [0.2, 0.25) is 0 Å². The lowest BCUT2D eigenvalue weighted by atomic mass is 9.94. The van der Waals surface area contributed by atoms with Crippen molar-refractivity contribution in [2.45, 2.75) is 45.9 Å². The first kappa shape index (κ1) is 22.8. The van der Waals surface area contributed by atoms with Crippen LogP contribution in [0.25, 0.3) is 0 Å². The summed E-state index contributed by atoms with van der Waals surface area (Å²) in [6.45, 7) is 9.76. The second kappa shape index (κ2) is 8.34. The Bertz CT molecular complexity index is 1100. The van der Waals surface area contributed by atoms with Gasteiger partial charge in [0.1, 0.15) is 0 Å². The Balaban J connectivity index is 1.80. The lowest BCUT2D eigenvalue weighted by Gasteiger charge is -2.26. The maximum Gasteiger partial charge on any atom is 0.261 e. The van der Waals surface area contributed by atoms with Gasteiger partial charge in [-0.25, -0.2) is 8.42 Å². The molecule has 0 bridgehead atoms. The third-order valence-electron chi connectivity index (χ3n) is 5.08. The molecule has 2 aromatic rings. The van der Waals surface area contributed by atoms with Gasteiger partial charge in [0.05, 0.1) is 10.6 Å². The summed E-state index contributed by atoms with van der Waals surface area (Å²) in [7, 11) is -3.82. The Hall–Kier alpha value is -2.87. The topological polar surface area (TPSA) is 95.6 Å². The molecule has 0 spiro atoms. The summed E-state index contributed by atoms with van der Waals surface area (Å²) in [6, 6.07) is 11.3. The second-order valence-corrected chi connectivity index (χ2v) is 10.8. The maximum absolute atomic E-state index is 12.8. The molecule has 2 N–H and O–H groups in total. The van der Waals surface area contributed by atoms with Gasteiger partial charge in [-0.2, -0.15) is 0 Å². The van der Waals surface area contributed by atoms with Gasteiger partial charge in [0, 0.05) is 29.3 Å². The fourth-order valence-corrected chi connectivity index (χ4v) is 4.33. The second-order valence-electron chi connectivity index (χ2n) is 9.07. The number of carbonyl (C=O) groups excluding carboxylic acids is 2. The highest BCUT2D eigenvalue weighted by Gasteiger charge is 2.32. The van der Waals surface area contributed by atoms with Gasteiger partial charge in [-0.1, -0.05) is 40.7 Å². The Kier molecular flexibility index (Phi) is 6.14. The predicted molar refractivity (Wildman–Crippen MR) is 123 cm³/mol. The maximum atomic E-state index is 12.8. The number of rotatable bonds is 5. The molecule has 0 radical (unpaired) electrons. The molecule has 8 heteroatoms. The van der Waals surface area contributed by atoms with Gasteiger partial charge >= 0.3 is 0 Å². The minimum Gasteiger partial charge on any atom is -0.326 e. The number of hydrogen-bond donors (Lipinski definition) is 2. The van der Waals surface area contributed by atoms with Gasteiger partial charge < -0.3 is 10.2 Å². The van der Waals surface area contributed by atoms with E-state index in [0.29, 0.717) is 17.9 Å². The Labute approximate surface area is 183 Å². The van der Waals surface area contributed by atoms with Gasteiger partial charge in [-0.15, -0.1) is 0 Å². The quantitative estimate of drug-likeness (QED) is 0.730. The zero-order valence-electron chi connectivity index (χ0n) is 18.5. The van der Waals surface area contributed by atoms with E-state index in [9.17, 15) is 18.0 Å². The molecule has 0 aliphatic carbocycles. The molecular weight excluding hydrogens is 414 g/mol. The van der Waals surface area contributed by atoms with E-state index in [1.807, 2.05) is 26.8 Å². The summed E-state index contributed by atoms with van der Waals surface area (Å²) in [5.41, 5.74) is 2.16. The Morgan fingerprint density at radius 3 is 2.19 bits per heavy atom. The van der Waals surface area contributed by atoms with E-state index in [1.165, 1.54) is 12.1 Å². The van der Waals surface area contributed by atoms with Gasteiger partial charge in [0.2, 0.25) is 11.8 Å². The summed E-state index contributed by atoms with van der Waals surface area (Å²) >= 11 is 0. The average Bonchev–Trinajstić information content (AvgIpc) is 3.09. The van der Waals surface area contributed by atoms with Gasteiger partial charge in [0.25, 0.3) is 10.0 Å². The monoisotopic (exact) mass is 443 g/mol. The molecule has 0 atom stereocenters. The summed E-state index contributed by atoms with van der Waals surface area (Å²) in [5, 5.41) is 2.73. The zero-order valence-corrected chi connectivity index (χ0v) is 19.3. The standard InChI is InChI=1S/C23H29N3O4S/c1-15(2)21(27)24-17-8-10-19(11-9-17)31(29,30)25-18-7-6-16-12-13-26(20(16)14-18)22(28)23(3,4)5/h6-11,14-15,25H,12-13H2,1-5H3,(H,24,27). The van der Waals surface area contributed by atoms with Crippen molar-refractivity contribution < 1.29 is 18.0 Å². The predicted octanol–water partition coefficient (Wildman–Crippen LogP) is 4.02. The molecule has 0 aromatic heterocycles. The van der Waals surface area contributed by atoms with Crippen molar-refractivity contribution in [1.82, 2.24) is 0 Å².